The van der Waals surface area contributed by atoms with Crippen molar-refractivity contribution in [3.05, 3.63) is 47.3 Å². The van der Waals surface area contributed by atoms with Gasteiger partial charge in [0.15, 0.2) is 0 Å². The van der Waals surface area contributed by atoms with E-state index in [1.54, 1.807) is 0 Å². The molecule has 2 aromatic rings. The molecule has 0 bridgehead atoms. The predicted octanol–water partition coefficient (Wildman–Crippen LogP) is 2.72. The fourth-order valence-electron chi connectivity index (χ4n) is 1.78. The molecule has 0 unspecified atom stereocenters. The largest absolute Gasteiger partial charge is 0.487 e. The van der Waals surface area contributed by atoms with Gasteiger partial charge < -0.3 is 9.84 Å². The van der Waals surface area contributed by atoms with Crippen molar-refractivity contribution in [2.45, 2.75) is 12.8 Å². The minimum absolute atomic E-state index is 0.0716. The van der Waals surface area contributed by atoms with Crippen molar-refractivity contribution in [3.8, 4) is 5.75 Å². The maximum Gasteiger partial charge on any atom is 0.419 e. The number of aryl methyl sites for hydroxylation is 1. The monoisotopic (exact) mass is 300 g/mol. The van der Waals surface area contributed by atoms with Crippen molar-refractivity contribution in [2.24, 2.45) is 7.05 Å². The number of halogens is 3. The van der Waals surface area contributed by atoms with Gasteiger partial charge in [0.05, 0.1) is 5.56 Å². The van der Waals surface area contributed by atoms with E-state index in [0.717, 1.165) is 10.7 Å². The number of rotatable bonds is 4. The van der Waals surface area contributed by atoms with E-state index in [0.29, 0.717) is 0 Å². The number of para-hydroxylation sites is 1. The molecular formula is C13H11F3N2O3. The van der Waals surface area contributed by atoms with Gasteiger partial charge in [0.25, 0.3) is 0 Å². The van der Waals surface area contributed by atoms with Crippen molar-refractivity contribution in [1.82, 2.24) is 9.78 Å². The van der Waals surface area contributed by atoms with Gasteiger partial charge in [0, 0.05) is 7.05 Å². The molecule has 2 rings (SSSR count). The standard InChI is InChI=1S/C13H11F3N2O3/c1-18-10(12(19)20)6-8(17-18)7-21-11-5-3-2-4-9(11)13(14,15)16/h2-6H,7H2,1H3,(H,19,20). The first-order valence-electron chi connectivity index (χ1n) is 5.84. The summed E-state index contributed by atoms with van der Waals surface area (Å²) in [6.45, 7) is -0.256. The van der Waals surface area contributed by atoms with Crippen molar-refractivity contribution in [3.63, 3.8) is 0 Å². The van der Waals surface area contributed by atoms with Gasteiger partial charge in [-0.25, -0.2) is 4.79 Å². The number of benzene rings is 1. The molecule has 0 aliphatic rings. The Kier molecular flexibility index (Phi) is 3.88. The molecule has 0 amide bonds. The van der Waals surface area contributed by atoms with Crippen LogP contribution < -0.4 is 4.74 Å². The molecule has 0 spiro atoms. The van der Waals surface area contributed by atoms with Crippen LogP contribution in [0.4, 0.5) is 13.2 Å². The predicted molar refractivity (Wildman–Crippen MR) is 65.9 cm³/mol. The number of ether oxygens (including phenoxy) is 1. The van der Waals surface area contributed by atoms with Gasteiger partial charge in [-0.1, -0.05) is 12.1 Å². The molecule has 112 valence electrons. The van der Waals surface area contributed by atoms with Crippen molar-refractivity contribution >= 4 is 5.97 Å². The number of carboxylic acid groups (broad SMARTS) is 1. The quantitative estimate of drug-likeness (QED) is 0.943. The van der Waals surface area contributed by atoms with Crippen LogP contribution in [0.25, 0.3) is 0 Å². The lowest BCUT2D eigenvalue weighted by atomic mass is 10.2. The molecule has 0 radical (unpaired) electrons. The summed E-state index contributed by atoms with van der Waals surface area (Å²) in [5.74, 6) is -1.50. The average Bonchev–Trinajstić information content (AvgIpc) is 2.77. The van der Waals surface area contributed by atoms with Gasteiger partial charge >= 0.3 is 12.1 Å². The number of aromatic nitrogens is 2. The van der Waals surface area contributed by atoms with Crippen LogP contribution in [0.15, 0.2) is 30.3 Å². The summed E-state index contributed by atoms with van der Waals surface area (Å²) in [6, 6.07) is 6.05. The minimum atomic E-state index is -4.52. The molecule has 1 heterocycles. The highest BCUT2D eigenvalue weighted by Crippen LogP contribution is 2.36. The zero-order valence-corrected chi connectivity index (χ0v) is 10.9. The van der Waals surface area contributed by atoms with Crippen LogP contribution in [0.2, 0.25) is 0 Å². The first-order valence-corrected chi connectivity index (χ1v) is 5.84. The van der Waals surface area contributed by atoms with Crippen LogP contribution in [0.3, 0.4) is 0 Å². The third kappa shape index (κ3) is 3.33. The molecule has 8 heteroatoms. The van der Waals surface area contributed by atoms with Gasteiger partial charge in [-0.15, -0.1) is 0 Å². The molecule has 1 aromatic heterocycles. The molecule has 0 saturated carbocycles. The third-order valence-electron chi connectivity index (χ3n) is 2.72. The van der Waals surface area contributed by atoms with Crippen LogP contribution in [0.1, 0.15) is 21.7 Å². The summed E-state index contributed by atoms with van der Waals surface area (Å²) >= 11 is 0. The highest BCUT2D eigenvalue weighted by Gasteiger charge is 2.34. The molecular weight excluding hydrogens is 289 g/mol. The van der Waals surface area contributed by atoms with E-state index in [2.05, 4.69) is 5.10 Å². The first-order chi connectivity index (χ1) is 9.79. The summed E-state index contributed by atoms with van der Waals surface area (Å²) in [4.78, 5) is 10.8. The van der Waals surface area contributed by atoms with Crippen LogP contribution in [0.5, 0.6) is 5.75 Å². The van der Waals surface area contributed by atoms with Crippen molar-refractivity contribution in [2.75, 3.05) is 0 Å². The Morgan fingerprint density at radius 3 is 2.62 bits per heavy atom. The summed E-state index contributed by atoms with van der Waals surface area (Å²) < 4.78 is 44.5. The summed E-state index contributed by atoms with van der Waals surface area (Å²) in [7, 11) is 1.43. The molecule has 5 nitrogen and oxygen atoms in total. The van der Waals surface area contributed by atoms with Gasteiger partial charge in [-0.2, -0.15) is 18.3 Å². The van der Waals surface area contributed by atoms with E-state index in [4.69, 9.17) is 9.84 Å². The molecule has 0 fully saturated rings. The minimum Gasteiger partial charge on any atom is -0.487 e. The fourth-order valence-corrected chi connectivity index (χ4v) is 1.78. The van der Waals surface area contributed by atoms with Gasteiger partial charge in [0.2, 0.25) is 0 Å². The Morgan fingerprint density at radius 2 is 2.05 bits per heavy atom. The Balaban J connectivity index is 2.18. The van der Waals surface area contributed by atoms with Crippen LogP contribution in [0, 0.1) is 0 Å². The number of hydrogen-bond donors (Lipinski definition) is 1. The van der Waals surface area contributed by atoms with Crippen molar-refractivity contribution in [1.29, 1.82) is 0 Å². The smallest absolute Gasteiger partial charge is 0.419 e. The van der Waals surface area contributed by atoms with E-state index < -0.39 is 17.7 Å². The lowest BCUT2D eigenvalue weighted by Crippen LogP contribution is -2.08. The summed E-state index contributed by atoms with van der Waals surface area (Å²) in [6.07, 6.45) is -4.52. The van der Waals surface area contributed by atoms with Gasteiger partial charge in [0.1, 0.15) is 23.7 Å². The number of carboxylic acids is 1. The Morgan fingerprint density at radius 1 is 1.38 bits per heavy atom. The molecule has 0 atom stereocenters. The number of hydrogen-bond acceptors (Lipinski definition) is 3. The lowest BCUT2D eigenvalue weighted by molar-refractivity contribution is -0.139. The van der Waals surface area contributed by atoms with Gasteiger partial charge in [-0.3, -0.25) is 4.68 Å². The molecule has 21 heavy (non-hydrogen) atoms. The second-order valence-corrected chi connectivity index (χ2v) is 4.23. The molecule has 0 saturated heterocycles. The van der Waals surface area contributed by atoms with Crippen LogP contribution in [-0.4, -0.2) is 20.9 Å². The van der Waals surface area contributed by atoms with E-state index in [9.17, 15) is 18.0 Å². The molecule has 0 aliphatic carbocycles. The number of carbonyl (C=O) groups is 1. The molecule has 1 N–H and O–H groups in total. The lowest BCUT2D eigenvalue weighted by Gasteiger charge is -2.12. The fraction of sp³-hybridized carbons (Fsp3) is 0.231. The second-order valence-electron chi connectivity index (χ2n) is 4.23. The van der Waals surface area contributed by atoms with E-state index >= 15 is 0 Å². The first kappa shape index (κ1) is 14.9. The van der Waals surface area contributed by atoms with E-state index in [-0.39, 0.29) is 23.7 Å². The Bertz CT molecular complexity index is 665. The maximum atomic E-state index is 12.8. The zero-order chi connectivity index (χ0) is 15.6. The SMILES string of the molecule is Cn1nc(COc2ccccc2C(F)(F)F)cc1C(=O)O. The number of nitrogens with zero attached hydrogens (tertiary/aromatic N) is 2. The number of aromatic carboxylic acids is 1. The molecule has 1 aromatic carbocycles. The second kappa shape index (κ2) is 5.47. The summed E-state index contributed by atoms with van der Waals surface area (Å²) in [5, 5.41) is 12.7. The molecule has 0 aliphatic heterocycles. The van der Waals surface area contributed by atoms with E-state index in [1.807, 2.05) is 0 Å². The zero-order valence-electron chi connectivity index (χ0n) is 10.9. The van der Waals surface area contributed by atoms with Crippen LogP contribution in [-0.2, 0) is 19.8 Å². The Hall–Kier alpha value is -2.51. The number of alkyl halides is 3. The normalized spacial score (nSPS) is 11.4. The topological polar surface area (TPSA) is 64.4 Å². The summed E-state index contributed by atoms with van der Waals surface area (Å²) in [5.41, 5.74) is -0.732. The van der Waals surface area contributed by atoms with Crippen LogP contribution >= 0.6 is 0 Å². The van der Waals surface area contributed by atoms with Crippen molar-refractivity contribution < 1.29 is 27.8 Å². The maximum absolute atomic E-state index is 12.8. The average molecular weight is 300 g/mol. The van der Waals surface area contributed by atoms with Gasteiger partial charge in [-0.05, 0) is 18.2 Å². The third-order valence-corrected chi connectivity index (χ3v) is 2.72. The van der Waals surface area contributed by atoms with E-state index in [1.165, 1.54) is 31.3 Å². The highest BCUT2D eigenvalue weighted by molar-refractivity contribution is 5.85. The highest BCUT2D eigenvalue weighted by atomic mass is 19.4. The Labute approximate surface area is 117 Å².